The van der Waals surface area contributed by atoms with E-state index in [1.807, 2.05) is 50.3 Å². The van der Waals surface area contributed by atoms with Gasteiger partial charge in [-0.1, -0.05) is 25.1 Å². The molecule has 2 aliphatic rings. The minimum Gasteiger partial charge on any atom is -0.0312 e. The summed E-state index contributed by atoms with van der Waals surface area (Å²) in [6.07, 6.45) is 13.4. The standard InChI is InChI=1S/C14H17O2.C5H5.3CO.W/c1-3-13-12(9-14(16-13)10(2)15)11-7-5-4-6-8-11;1-2-4-5-3-1;3*1-2;/h4-8,10,13-15H,3H2,1-2H3;1-5H;;;;/q-1;;;;;+2/t10-,13+,14?;;;;;/m1...../s1. The molecule has 1 N–H and O–H groups in total. The van der Waals surface area contributed by atoms with Crippen LogP contribution in [0.4, 0.5) is 0 Å². The van der Waals surface area contributed by atoms with Crippen molar-refractivity contribution in [2.75, 3.05) is 0 Å². The van der Waals surface area contributed by atoms with E-state index in [1.165, 1.54) is 0 Å². The number of aliphatic hydroxyl groups excluding tert-OH is 1. The zero-order chi connectivity index (χ0) is 21.1. The molecule has 1 saturated carbocycles. The van der Waals surface area contributed by atoms with Crippen LogP contribution in [0.5, 0.6) is 0 Å². The topological polar surface area (TPSA) is 89.2 Å². The molecular formula is C22H22O5W+. The van der Waals surface area contributed by atoms with Crippen LogP contribution in [0.3, 0.4) is 0 Å². The van der Waals surface area contributed by atoms with E-state index in [4.69, 9.17) is 18.7 Å². The van der Waals surface area contributed by atoms with Gasteiger partial charge in [0.05, 0.1) is 6.10 Å². The first-order chi connectivity index (χ1) is 13.2. The smallest absolute Gasteiger partial charge is 0.0312 e. The van der Waals surface area contributed by atoms with Crippen LogP contribution < -0.4 is 0 Å². The summed E-state index contributed by atoms with van der Waals surface area (Å²) in [5, 5.41) is 9.53. The monoisotopic (exact) mass is 550 g/mol. The average Bonchev–Trinajstić information content (AvgIpc) is 3.46. The minimum atomic E-state index is -0.504. The molecule has 5 radical (unpaired) electrons. The maximum atomic E-state index is 9.53. The maximum absolute atomic E-state index is 9.53. The Balaban J connectivity index is -0.000000437. The number of hydrogen-bond acceptors (Lipinski definition) is 2. The number of aliphatic hydroxyl groups is 1. The van der Waals surface area contributed by atoms with Crippen LogP contribution >= 0.6 is 0 Å². The van der Waals surface area contributed by atoms with Crippen molar-refractivity contribution < 1.29 is 44.9 Å². The second-order valence-corrected chi connectivity index (χ2v) is 5.08. The van der Waals surface area contributed by atoms with Crippen LogP contribution in [-0.2, 0) is 39.8 Å². The Kier molecular flexibility index (Phi) is 24.8. The Morgan fingerprint density at radius 2 is 1.39 bits per heavy atom. The van der Waals surface area contributed by atoms with E-state index in [0.717, 1.165) is 17.6 Å². The molecule has 145 valence electrons. The molecule has 3 atom stereocenters. The summed E-state index contributed by atoms with van der Waals surface area (Å²) < 4.78 is 28.2. The Hall–Kier alpha value is -1.21. The quantitative estimate of drug-likeness (QED) is 0.463. The van der Waals surface area contributed by atoms with Gasteiger partial charge in [0.1, 0.15) is 0 Å². The predicted molar refractivity (Wildman–Crippen MR) is 97.0 cm³/mol. The summed E-state index contributed by atoms with van der Waals surface area (Å²) in [6.45, 7) is 17.3. The van der Waals surface area contributed by atoms with E-state index in [9.17, 15) is 5.11 Å². The van der Waals surface area contributed by atoms with E-state index in [-0.39, 0.29) is 33.3 Å². The van der Waals surface area contributed by atoms with Crippen molar-refractivity contribution in [1.82, 2.24) is 0 Å². The first-order valence-corrected chi connectivity index (χ1v) is 8.02. The van der Waals surface area contributed by atoms with E-state index in [2.05, 4.69) is 45.1 Å². The molecule has 1 aromatic rings. The molecule has 1 heterocycles. The number of hydrogen-bond donors (Lipinski definition) is 1. The normalized spacial score (nSPS) is 19.7. The third-order valence-electron chi connectivity index (χ3n) is 3.38. The third kappa shape index (κ3) is 12.3. The Bertz CT molecular complexity index is 537. The molecule has 0 spiro atoms. The zero-order valence-electron chi connectivity index (χ0n) is 15.7. The molecule has 5 nitrogen and oxygen atoms in total. The maximum Gasteiger partial charge on any atom is 2.00 e. The van der Waals surface area contributed by atoms with E-state index < -0.39 is 6.10 Å². The molecule has 0 amide bonds. The van der Waals surface area contributed by atoms with Crippen molar-refractivity contribution >= 4 is 5.57 Å². The molecular weight excluding hydrogens is 528 g/mol. The molecule has 1 aliphatic heterocycles. The van der Waals surface area contributed by atoms with Crippen molar-refractivity contribution in [3.05, 3.63) is 94.0 Å². The average molecular weight is 550 g/mol. The molecule has 6 heteroatoms. The van der Waals surface area contributed by atoms with Gasteiger partial charge < -0.3 is 9.84 Å². The second kappa shape index (κ2) is 22.1. The van der Waals surface area contributed by atoms with Crippen LogP contribution in [0.25, 0.3) is 5.57 Å². The first-order valence-electron chi connectivity index (χ1n) is 8.02. The molecule has 0 bridgehead atoms. The van der Waals surface area contributed by atoms with Crippen LogP contribution in [-0.4, -0.2) is 23.4 Å². The minimum absolute atomic E-state index is 0. The van der Waals surface area contributed by atoms with Gasteiger partial charge in [-0.05, 0) is 45.4 Å². The van der Waals surface area contributed by atoms with Crippen LogP contribution in [0, 0.1) is 58.1 Å². The molecule has 1 aliphatic carbocycles. The Morgan fingerprint density at radius 1 is 0.964 bits per heavy atom. The third-order valence-corrected chi connectivity index (χ3v) is 3.38. The van der Waals surface area contributed by atoms with Crippen molar-refractivity contribution in [3.8, 4) is 0 Å². The fourth-order valence-corrected chi connectivity index (χ4v) is 2.27. The molecule has 1 unspecified atom stereocenters. The van der Waals surface area contributed by atoms with Gasteiger partial charge in [0, 0.05) is 12.2 Å². The van der Waals surface area contributed by atoms with Crippen molar-refractivity contribution in [2.45, 2.75) is 38.6 Å². The van der Waals surface area contributed by atoms with Crippen molar-refractivity contribution in [3.63, 3.8) is 0 Å². The van der Waals surface area contributed by atoms with Gasteiger partial charge in [0.25, 0.3) is 0 Å². The van der Waals surface area contributed by atoms with E-state index in [1.54, 1.807) is 6.92 Å². The summed E-state index contributed by atoms with van der Waals surface area (Å²) in [6, 6.07) is 10.1. The summed E-state index contributed by atoms with van der Waals surface area (Å²) in [5.74, 6) is 0. The number of benzene rings is 1. The fourth-order valence-electron chi connectivity index (χ4n) is 2.27. The Morgan fingerprint density at radius 3 is 1.75 bits per heavy atom. The van der Waals surface area contributed by atoms with Gasteiger partial charge in [-0.15, -0.1) is 12.1 Å². The van der Waals surface area contributed by atoms with E-state index >= 15 is 0 Å². The predicted octanol–water partition coefficient (Wildman–Crippen LogP) is 3.34. The van der Waals surface area contributed by atoms with Crippen LogP contribution in [0.15, 0.2) is 30.3 Å². The molecule has 1 aromatic carbocycles. The van der Waals surface area contributed by atoms with Gasteiger partial charge in [0.2, 0.25) is 0 Å². The van der Waals surface area contributed by atoms with Crippen molar-refractivity contribution in [1.29, 1.82) is 0 Å². The Labute approximate surface area is 183 Å². The van der Waals surface area contributed by atoms with E-state index in [0.29, 0.717) is 0 Å². The van der Waals surface area contributed by atoms with Crippen LogP contribution in [0.1, 0.15) is 25.8 Å². The molecule has 0 aromatic heterocycles. The number of ether oxygens (including phenoxy) is 1. The first kappa shape index (κ1) is 31.5. The summed E-state index contributed by atoms with van der Waals surface area (Å²) in [5.41, 5.74) is 2.21. The summed E-state index contributed by atoms with van der Waals surface area (Å²) in [4.78, 5) is 0. The molecule has 3 rings (SSSR count). The molecule has 0 saturated heterocycles. The second-order valence-electron chi connectivity index (χ2n) is 5.08. The zero-order valence-corrected chi connectivity index (χ0v) is 18.6. The molecule has 1 fully saturated rings. The van der Waals surface area contributed by atoms with Gasteiger partial charge in [-0.25, -0.2) is 6.08 Å². The van der Waals surface area contributed by atoms with Gasteiger partial charge in [-0.3, -0.25) is 0 Å². The summed E-state index contributed by atoms with van der Waals surface area (Å²) in [7, 11) is 0. The fraction of sp³-hybridized carbons (Fsp3) is 0.273. The van der Waals surface area contributed by atoms with Crippen molar-refractivity contribution in [2.24, 2.45) is 0 Å². The van der Waals surface area contributed by atoms with Gasteiger partial charge in [0.15, 0.2) is 0 Å². The number of rotatable bonds is 3. The van der Waals surface area contributed by atoms with Gasteiger partial charge >= 0.3 is 55.0 Å². The summed E-state index contributed by atoms with van der Waals surface area (Å²) >= 11 is 0. The molecule has 28 heavy (non-hydrogen) atoms. The largest absolute Gasteiger partial charge is 2.00 e. The SMILES string of the molecule is CC[C@@H]1OC([C@@H](C)O)[C-]=C1c1ccccc1.[C-]#[O+].[C-]#[O+].[C-]#[O+].[CH]1[CH][CH][CH][CH]1.[W+2]. The van der Waals surface area contributed by atoms with Crippen LogP contribution in [0.2, 0.25) is 0 Å². The van der Waals surface area contributed by atoms with Gasteiger partial charge in [-0.2, -0.15) is 11.1 Å².